The van der Waals surface area contributed by atoms with Crippen molar-refractivity contribution in [2.24, 2.45) is 4.99 Å². The van der Waals surface area contributed by atoms with Gasteiger partial charge in [-0.25, -0.2) is 4.98 Å². The first kappa shape index (κ1) is 20.0. The zero-order valence-electron chi connectivity index (χ0n) is 18.1. The molecule has 1 aliphatic rings. The summed E-state index contributed by atoms with van der Waals surface area (Å²) < 4.78 is 1.97. The Kier molecular flexibility index (Phi) is 5.42. The van der Waals surface area contributed by atoms with E-state index in [-0.39, 0.29) is 0 Å². The number of nitrogens with two attached hydrogens (primary N) is 1. The quantitative estimate of drug-likeness (QED) is 0.502. The average molecular weight is 423 g/mol. The Morgan fingerprint density at radius 1 is 0.969 bits per heavy atom. The van der Waals surface area contributed by atoms with E-state index in [0.29, 0.717) is 5.82 Å². The fourth-order valence-corrected chi connectivity index (χ4v) is 4.09. The third-order valence-electron chi connectivity index (χ3n) is 5.79. The van der Waals surface area contributed by atoms with Gasteiger partial charge in [-0.15, -0.1) is 0 Å². The van der Waals surface area contributed by atoms with Gasteiger partial charge in [-0.3, -0.25) is 9.67 Å². The predicted octanol–water partition coefficient (Wildman–Crippen LogP) is 4.34. The molecule has 160 valence electrons. The van der Waals surface area contributed by atoms with E-state index in [1.165, 1.54) is 28.0 Å². The van der Waals surface area contributed by atoms with Gasteiger partial charge in [-0.05, 0) is 46.7 Å². The molecule has 0 aliphatic carbocycles. The molecule has 0 unspecified atom stereocenters. The molecule has 5 rings (SSSR count). The van der Waals surface area contributed by atoms with Gasteiger partial charge >= 0.3 is 0 Å². The van der Waals surface area contributed by atoms with Gasteiger partial charge in [0.1, 0.15) is 5.82 Å². The van der Waals surface area contributed by atoms with Crippen LogP contribution in [0.2, 0.25) is 0 Å². The summed E-state index contributed by atoms with van der Waals surface area (Å²) in [5.41, 5.74) is 12.2. The van der Waals surface area contributed by atoms with Gasteiger partial charge < -0.3 is 10.6 Å². The molecule has 0 saturated carbocycles. The standard InChI is InChI=1S/C26H26N6/c1-19-14-30-32(16-19)18-21-4-2-20(3-5-21)13-24-15-28-10-11-31(24)17-22-6-7-25-23(12-22)8-9-29-26(25)27/h2-10,12,14-16H,11,13,17-18H2,1H3,(H2,27,29). The predicted molar refractivity (Wildman–Crippen MR) is 129 cm³/mol. The highest BCUT2D eigenvalue weighted by Gasteiger charge is 2.14. The third-order valence-corrected chi connectivity index (χ3v) is 5.79. The molecule has 2 aromatic carbocycles. The second kappa shape index (κ2) is 8.67. The van der Waals surface area contributed by atoms with Crippen molar-refractivity contribution < 1.29 is 0 Å². The number of rotatable bonds is 6. The van der Waals surface area contributed by atoms with E-state index in [2.05, 4.69) is 75.6 Å². The summed E-state index contributed by atoms with van der Waals surface area (Å²) in [6, 6.07) is 17.2. The Balaban J connectivity index is 1.28. The van der Waals surface area contributed by atoms with Crippen molar-refractivity contribution in [2.75, 3.05) is 12.3 Å². The maximum atomic E-state index is 6.00. The highest BCUT2D eigenvalue weighted by Crippen LogP contribution is 2.23. The fraction of sp³-hybridized carbons (Fsp3) is 0.192. The molecular formula is C26H26N6. The summed E-state index contributed by atoms with van der Waals surface area (Å²) in [7, 11) is 0. The average Bonchev–Trinajstić information content (AvgIpc) is 3.21. The van der Waals surface area contributed by atoms with Crippen LogP contribution >= 0.6 is 0 Å². The molecule has 0 atom stereocenters. The molecule has 6 heteroatoms. The number of nitrogens with zero attached hydrogens (tertiary/aromatic N) is 5. The molecule has 0 spiro atoms. The molecule has 2 N–H and O–H groups in total. The minimum atomic E-state index is 0.575. The summed E-state index contributed by atoms with van der Waals surface area (Å²) in [5, 5.41) is 6.49. The monoisotopic (exact) mass is 422 g/mol. The summed E-state index contributed by atoms with van der Waals surface area (Å²) >= 11 is 0. The second-order valence-corrected chi connectivity index (χ2v) is 8.29. The number of nitrogen functional groups attached to an aromatic ring is 1. The lowest BCUT2D eigenvalue weighted by atomic mass is 10.0. The van der Waals surface area contributed by atoms with Gasteiger partial charge in [0, 0.05) is 48.9 Å². The van der Waals surface area contributed by atoms with Crippen LogP contribution in [0.3, 0.4) is 0 Å². The topological polar surface area (TPSA) is 72.3 Å². The van der Waals surface area contributed by atoms with Crippen molar-refractivity contribution in [2.45, 2.75) is 26.4 Å². The number of pyridine rings is 1. The minimum absolute atomic E-state index is 0.575. The Morgan fingerprint density at radius 3 is 2.59 bits per heavy atom. The summed E-state index contributed by atoms with van der Waals surface area (Å²) in [4.78, 5) is 11.0. The van der Waals surface area contributed by atoms with Gasteiger partial charge in [0.15, 0.2) is 0 Å². The van der Waals surface area contributed by atoms with Crippen LogP contribution in [0, 0.1) is 6.92 Å². The highest BCUT2D eigenvalue weighted by atomic mass is 15.3. The SMILES string of the molecule is Cc1cnn(Cc2ccc(CC3=CN=CCN3Cc3ccc4c(N)nccc4c3)cc2)c1. The zero-order chi connectivity index (χ0) is 21.9. The van der Waals surface area contributed by atoms with Crippen molar-refractivity contribution in [1.29, 1.82) is 0 Å². The van der Waals surface area contributed by atoms with E-state index in [4.69, 9.17) is 5.73 Å². The molecule has 32 heavy (non-hydrogen) atoms. The first-order valence-corrected chi connectivity index (χ1v) is 10.8. The Morgan fingerprint density at radius 2 is 1.78 bits per heavy atom. The van der Waals surface area contributed by atoms with Gasteiger partial charge in [0.25, 0.3) is 0 Å². The first-order chi connectivity index (χ1) is 15.6. The molecule has 3 heterocycles. The number of hydrogen-bond donors (Lipinski definition) is 1. The summed E-state index contributed by atoms with van der Waals surface area (Å²) in [6.45, 7) is 4.48. The van der Waals surface area contributed by atoms with Crippen LogP contribution in [0.4, 0.5) is 5.82 Å². The van der Waals surface area contributed by atoms with E-state index >= 15 is 0 Å². The van der Waals surface area contributed by atoms with Crippen LogP contribution in [-0.4, -0.2) is 32.4 Å². The molecular weight excluding hydrogens is 396 g/mol. The van der Waals surface area contributed by atoms with Gasteiger partial charge in [0.2, 0.25) is 0 Å². The molecule has 2 aromatic heterocycles. The molecule has 0 saturated heterocycles. The van der Waals surface area contributed by atoms with Crippen LogP contribution in [0.15, 0.2) is 84.0 Å². The van der Waals surface area contributed by atoms with E-state index in [1.54, 1.807) is 6.20 Å². The lowest BCUT2D eigenvalue weighted by molar-refractivity contribution is 0.372. The summed E-state index contributed by atoms with van der Waals surface area (Å²) in [6.07, 6.45) is 10.5. The van der Waals surface area contributed by atoms with E-state index in [1.807, 2.05) is 29.4 Å². The Hall–Kier alpha value is -3.93. The normalized spacial score (nSPS) is 13.5. The number of fused-ring (bicyclic) bond motifs is 1. The molecule has 0 radical (unpaired) electrons. The van der Waals surface area contributed by atoms with Crippen LogP contribution in [0.1, 0.15) is 22.3 Å². The molecule has 1 aliphatic heterocycles. The first-order valence-electron chi connectivity index (χ1n) is 10.8. The van der Waals surface area contributed by atoms with Crippen molar-refractivity contribution in [1.82, 2.24) is 19.7 Å². The Labute approximate surface area is 187 Å². The number of aryl methyl sites for hydroxylation is 1. The Bertz CT molecular complexity index is 1300. The minimum Gasteiger partial charge on any atom is -0.383 e. The number of benzene rings is 2. The van der Waals surface area contributed by atoms with E-state index in [9.17, 15) is 0 Å². The highest BCUT2D eigenvalue weighted by molar-refractivity contribution is 5.91. The largest absolute Gasteiger partial charge is 0.383 e. The van der Waals surface area contributed by atoms with Crippen LogP contribution in [0.5, 0.6) is 0 Å². The number of aromatic nitrogens is 3. The smallest absolute Gasteiger partial charge is 0.131 e. The zero-order valence-corrected chi connectivity index (χ0v) is 18.1. The van der Waals surface area contributed by atoms with Gasteiger partial charge in [-0.1, -0.05) is 36.4 Å². The van der Waals surface area contributed by atoms with Crippen molar-refractivity contribution >= 4 is 22.8 Å². The maximum Gasteiger partial charge on any atom is 0.131 e. The number of anilines is 1. The van der Waals surface area contributed by atoms with Crippen LogP contribution in [0.25, 0.3) is 10.8 Å². The van der Waals surface area contributed by atoms with Gasteiger partial charge in [0.05, 0.1) is 19.3 Å². The molecule has 0 bridgehead atoms. The van der Waals surface area contributed by atoms with Crippen molar-refractivity contribution in [3.63, 3.8) is 0 Å². The lowest BCUT2D eigenvalue weighted by Crippen LogP contribution is -2.27. The van der Waals surface area contributed by atoms with Crippen molar-refractivity contribution in [3.05, 3.63) is 101 Å². The van der Waals surface area contributed by atoms with Gasteiger partial charge in [-0.2, -0.15) is 5.10 Å². The number of aliphatic imine (C=N–C) groups is 1. The summed E-state index contributed by atoms with van der Waals surface area (Å²) in [5.74, 6) is 0.575. The molecule has 6 nitrogen and oxygen atoms in total. The van der Waals surface area contributed by atoms with Crippen molar-refractivity contribution in [3.8, 4) is 0 Å². The molecule has 4 aromatic rings. The number of hydrogen-bond acceptors (Lipinski definition) is 5. The fourth-order valence-electron chi connectivity index (χ4n) is 4.09. The van der Waals surface area contributed by atoms with Crippen LogP contribution < -0.4 is 5.73 Å². The number of allylic oxidation sites excluding steroid dienone is 1. The second-order valence-electron chi connectivity index (χ2n) is 8.29. The molecule has 0 amide bonds. The molecule has 0 fully saturated rings. The lowest BCUT2D eigenvalue weighted by Gasteiger charge is -2.28. The maximum absolute atomic E-state index is 6.00. The van der Waals surface area contributed by atoms with E-state index < -0.39 is 0 Å². The van der Waals surface area contributed by atoms with E-state index in [0.717, 1.165) is 36.8 Å². The van der Waals surface area contributed by atoms with Crippen LogP contribution in [-0.2, 0) is 19.5 Å². The third kappa shape index (κ3) is 4.39.